The number of rotatable bonds is 4. The van der Waals surface area contributed by atoms with Gasteiger partial charge in [-0.3, -0.25) is 9.58 Å². The molecule has 0 saturated carbocycles. The standard InChI is InChI=1S/C22H24N8O/c1-15-20(16-7-21(31-2)22-17(8-23)9-25-29(22)11-16)10-26-30(15)18-3-5-28(6-4-18)19-12-27(13-19)14-24/h7,9-11,18-19H,3-6,12-13H2,1-2H3. The molecule has 2 aliphatic heterocycles. The fourth-order valence-corrected chi connectivity index (χ4v) is 4.81. The summed E-state index contributed by atoms with van der Waals surface area (Å²) in [6, 6.07) is 5.00. The van der Waals surface area contributed by atoms with E-state index in [4.69, 9.17) is 15.1 Å². The van der Waals surface area contributed by atoms with E-state index in [0.717, 1.165) is 55.8 Å². The van der Waals surface area contributed by atoms with Gasteiger partial charge in [0.25, 0.3) is 0 Å². The number of hydrogen-bond donors (Lipinski definition) is 0. The molecule has 2 aliphatic rings. The van der Waals surface area contributed by atoms with E-state index in [1.165, 1.54) is 0 Å². The Balaban J connectivity index is 1.36. The zero-order chi connectivity index (χ0) is 21.5. The Kier molecular flexibility index (Phi) is 4.76. The van der Waals surface area contributed by atoms with Gasteiger partial charge in [0, 0.05) is 55.2 Å². The highest BCUT2D eigenvalue weighted by molar-refractivity contribution is 5.75. The minimum absolute atomic E-state index is 0.373. The van der Waals surface area contributed by atoms with Gasteiger partial charge in [0.2, 0.25) is 0 Å². The van der Waals surface area contributed by atoms with Crippen molar-refractivity contribution in [2.24, 2.45) is 0 Å². The topological polar surface area (TPSA) is 98.4 Å². The minimum atomic E-state index is 0.373. The van der Waals surface area contributed by atoms with E-state index in [2.05, 4.69) is 33.9 Å². The van der Waals surface area contributed by atoms with E-state index in [0.29, 0.717) is 28.9 Å². The number of likely N-dealkylation sites (tertiary alicyclic amines) is 2. The highest BCUT2D eigenvalue weighted by Gasteiger charge is 2.34. The molecule has 31 heavy (non-hydrogen) atoms. The van der Waals surface area contributed by atoms with Gasteiger partial charge in [0.05, 0.1) is 25.5 Å². The quantitative estimate of drug-likeness (QED) is 0.601. The maximum Gasteiger partial charge on any atom is 0.179 e. The summed E-state index contributed by atoms with van der Waals surface area (Å²) in [6.45, 7) is 5.89. The van der Waals surface area contributed by atoms with Crippen molar-refractivity contribution in [3.63, 3.8) is 0 Å². The van der Waals surface area contributed by atoms with Gasteiger partial charge in [-0.25, -0.2) is 4.52 Å². The van der Waals surface area contributed by atoms with Crippen LogP contribution in [0, 0.1) is 29.7 Å². The first-order valence-corrected chi connectivity index (χ1v) is 10.5. The molecule has 158 valence electrons. The maximum atomic E-state index is 9.33. The van der Waals surface area contributed by atoms with Crippen LogP contribution < -0.4 is 4.74 Å². The van der Waals surface area contributed by atoms with Crippen molar-refractivity contribution in [1.82, 2.24) is 29.2 Å². The third-order valence-electron chi connectivity index (χ3n) is 6.64. The van der Waals surface area contributed by atoms with Crippen LogP contribution in [0.15, 0.2) is 24.7 Å². The van der Waals surface area contributed by atoms with E-state index in [1.54, 1.807) is 17.8 Å². The average molecular weight is 416 g/mol. The van der Waals surface area contributed by atoms with Crippen molar-refractivity contribution in [1.29, 1.82) is 10.5 Å². The summed E-state index contributed by atoms with van der Waals surface area (Å²) in [5.41, 5.74) is 4.29. The molecule has 0 unspecified atom stereocenters. The number of piperidine rings is 1. The van der Waals surface area contributed by atoms with E-state index in [9.17, 15) is 5.26 Å². The lowest BCUT2D eigenvalue weighted by atomic mass is 9.99. The Morgan fingerprint density at radius 2 is 1.87 bits per heavy atom. The highest BCUT2D eigenvalue weighted by Crippen LogP contribution is 2.33. The summed E-state index contributed by atoms with van der Waals surface area (Å²) in [5.74, 6) is 0.624. The van der Waals surface area contributed by atoms with Crippen LogP contribution in [0.3, 0.4) is 0 Å². The summed E-state index contributed by atoms with van der Waals surface area (Å²) < 4.78 is 9.40. The van der Waals surface area contributed by atoms with Crippen LogP contribution >= 0.6 is 0 Å². The molecule has 2 saturated heterocycles. The lowest BCUT2D eigenvalue weighted by molar-refractivity contribution is 0.0445. The summed E-state index contributed by atoms with van der Waals surface area (Å²) in [7, 11) is 1.61. The summed E-state index contributed by atoms with van der Waals surface area (Å²) in [6.07, 6.45) is 9.72. The zero-order valence-corrected chi connectivity index (χ0v) is 17.7. The summed E-state index contributed by atoms with van der Waals surface area (Å²) >= 11 is 0. The summed E-state index contributed by atoms with van der Waals surface area (Å²) in [5, 5.41) is 27.3. The third kappa shape index (κ3) is 3.18. The summed E-state index contributed by atoms with van der Waals surface area (Å²) in [4.78, 5) is 4.32. The molecular formula is C22H24N8O. The lowest BCUT2D eigenvalue weighted by Gasteiger charge is -2.45. The van der Waals surface area contributed by atoms with E-state index in [1.807, 2.05) is 23.4 Å². The molecule has 3 aromatic rings. The van der Waals surface area contributed by atoms with Crippen LogP contribution in [-0.4, -0.2) is 68.5 Å². The molecule has 5 heterocycles. The molecule has 0 bridgehead atoms. The first-order valence-electron chi connectivity index (χ1n) is 10.5. The number of hydrogen-bond acceptors (Lipinski definition) is 7. The SMILES string of the molecule is COc1cc(-c2cnn(C3CCN(C4CN(C#N)C4)CC3)c2C)cn2ncc(C#N)c12. The second kappa shape index (κ2) is 7.60. The Morgan fingerprint density at radius 3 is 2.55 bits per heavy atom. The Morgan fingerprint density at radius 1 is 1.10 bits per heavy atom. The first-order chi connectivity index (χ1) is 15.1. The van der Waals surface area contributed by atoms with Crippen molar-refractivity contribution < 1.29 is 4.74 Å². The fourth-order valence-electron chi connectivity index (χ4n) is 4.81. The van der Waals surface area contributed by atoms with E-state index >= 15 is 0 Å². The smallest absolute Gasteiger partial charge is 0.179 e. The molecule has 0 spiro atoms. The molecular weight excluding hydrogens is 392 g/mol. The van der Waals surface area contributed by atoms with Gasteiger partial charge in [-0.2, -0.15) is 20.7 Å². The Bertz CT molecular complexity index is 1200. The molecule has 9 nitrogen and oxygen atoms in total. The second-order valence-electron chi connectivity index (χ2n) is 8.27. The zero-order valence-electron chi connectivity index (χ0n) is 17.7. The van der Waals surface area contributed by atoms with Gasteiger partial charge >= 0.3 is 0 Å². The van der Waals surface area contributed by atoms with Crippen LogP contribution in [0.1, 0.15) is 30.1 Å². The third-order valence-corrected chi connectivity index (χ3v) is 6.64. The van der Waals surface area contributed by atoms with Gasteiger partial charge in [0.15, 0.2) is 6.19 Å². The number of ether oxygens (including phenoxy) is 1. The second-order valence-corrected chi connectivity index (χ2v) is 8.27. The molecule has 3 aromatic heterocycles. The van der Waals surface area contributed by atoms with Gasteiger partial charge in [-0.15, -0.1) is 0 Å². The molecule has 0 aromatic carbocycles. The Labute approximate surface area is 180 Å². The lowest BCUT2D eigenvalue weighted by Crippen LogP contribution is -2.59. The van der Waals surface area contributed by atoms with Crippen molar-refractivity contribution in [3.05, 3.63) is 35.9 Å². The molecule has 9 heteroatoms. The maximum absolute atomic E-state index is 9.33. The Hall–Kier alpha value is -3.56. The molecule has 0 aliphatic carbocycles. The molecule has 0 radical (unpaired) electrons. The predicted octanol–water partition coefficient (Wildman–Crippen LogP) is 2.19. The number of nitrogens with zero attached hydrogens (tertiary/aromatic N) is 8. The van der Waals surface area contributed by atoms with Crippen molar-refractivity contribution in [2.45, 2.75) is 31.8 Å². The van der Waals surface area contributed by atoms with Gasteiger partial charge in [0.1, 0.15) is 22.9 Å². The number of pyridine rings is 1. The fraction of sp³-hybridized carbons (Fsp3) is 0.455. The molecule has 5 rings (SSSR count). The predicted molar refractivity (Wildman–Crippen MR) is 113 cm³/mol. The van der Waals surface area contributed by atoms with E-state index < -0.39 is 0 Å². The largest absolute Gasteiger partial charge is 0.494 e. The normalized spacial score (nSPS) is 18.0. The number of nitriles is 2. The van der Waals surface area contributed by atoms with Crippen LogP contribution in [0.5, 0.6) is 5.75 Å². The van der Waals surface area contributed by atoms with Gasteiger partial charge in [-0.1, -0.05) is 0 Å². The van der Waals surface area contributed by atoms with Crippen molar-refractivity contribution in [3.8, 4) is 29.1 Å². The first kappa shape index (κ1) is 19.4. The van der Waals surface area contributed by atoms with Crippen LogP contribution in [0.4, 0.5) is 0 Å². The van der Waals surface area contributed by atoms with Crippen LogP contribution in [-0.2, 0) is 0 Å². The number of fused-ring (bicyclic) bond motifs is 1. The molecule has 0 atom stereocenters. The van der Waals surface area contributed by atoms with Gasteiger partial charge < -0.3 is 9.64 Å². The molecule has 0 N–H and O–H groups in total. The molecule has 0 amide bonds. The monoisotopic (exact) mass is 416 g/mol. The van der Waals surface area contributed by atoms with Crippen molar-refractivity contribution in [2.75, 3.05) is 33.3 Å². The van der Waals surface area contributed by atoms with Crippen LogP contribution in [0.2, 0.25) is 0 Å². The van der Waals surface area contributed by atoms with Gasteiger partial charge in [-0.05, 0) is 25.8 Å². The molecule has 2 fully saturated rings. The van der Waals surface area contributed by atoms with Crippen molar-refractivity contribution >= 4 is 5.52 Å². The van der Waals surface area contributed by atoms with E-state index in [-0.39, 0.29) is 0 Å². The number of methoxy groups -OCH3 is 1. The number of aromatic nitrogens is 4. The average Bonchev–Trinajstić information content (AvgIpc) is 3.36. The highest BCUT2D eigenvalue weighted by atomic mass is 16.5. The minimum Gasteiger partial charge on any atom is -0.494 e. The van der Waals surface area contributed by atoms with Crippen LogP contribution in [0.25, 0.3) is 16.6 Å².